The number of nitrogens with one attached hydrogen (secondary N) is 2. The molecule has 6 heteroatoms. The van der Waals surface area contributed by atoms with Crippen LogP contribution in [-0.4, -0.2) is 28.3 Å². The van der Waals surface area contributed by atoms with Gasteiger partial charge in [-0.25, -0.2) is 9.78 Å². The maximum absolute atomic E-state index is 11.8. The van der Waals surface area contributed by atoms with Crippen molar-refractivity contribution >= 4 is 23.3 Å². The normalized spacial score (nSPS) is 13.8. The Hall–Kier alpha value is -1.33. The number of rotatable bonds is 5. The lowest BCUT2D eigenvalue weighted by atomic mass is 9.98. The number of urea groups is 1. The molecular formula is C12H18ClN3O2. The number of aromatic nitrogens is 1. The fourth-order valence-corrected chi connectivity index (χ4v) is 1.82. The van der Waals surface area contributed by atoms with Gasteiger partial charge in [-0.05, 0) is 25.5 Å². The molecule has 100 valence electrons. The van der Waals surface area contributed by atoms with Crippen molar-refractivity contribution in [3.8, 4) is 0 Å². The van der Waals surface area contributed by atoms with Crippen LogP contribution < -0.4 is 10.6 Å². The van der Waals surface area contributed by atoms with Crippen LogP contribution in [0.2, 0.25) is 5.15 Å². The number of nitrogens with zero attached hydrogens (tertiary/aromatic N) is 1. The highest BCUT2D eigenvalue weighted by atomic mass is 35.5. The van der Waals surface area contributed by atoms with Crippen molar-refractivity contribution in [1.82, 2.24) is 10.3 Å². The minimum atomic E-state index is -0.615. The van der Waals surface area contributed by atoms with Gasteiger partial charge in [-0.3, -0.25) is 0 Å². The molecule has 0 saturated heterocycles. The summed E-state index contributed by atoms with van der Waals surface area (Å²) < 4.78 is 0. The molecule has 0 fully saturated rings. The number of carbonyl (C=O) groups excluding carboxylic acids is 1. The number of halogens is 1. The van der Waals surface area contributed by atoms with Gasteiger partial charge >= 0.3 is 6.03 Å². The molecule has 0 aliphatic heterocycles. The molecule has 1 aromatic rings. The number of aliphatic hydroxyl groups is 1. The Morgan fingerprint density at radius 2 is 2.33 bits per heavy atom. The van der Waals surface area contributed by atoms with E-state index in [9.17, 15) is 9.90 Å². The van der Waals surface area contributed by atoms with E-state index >= 15 is 0 Å². The van der Waals surface area contributed by atoms with Gasteiger partial charge in [0.1, 0.15) is 5.15 Å². The van der Waals surface area contributed by atoms with Gasteiger partial charge in [-0.15, -0.1) is 0 Å². The van der Waals surface area contributed by atoms with Crippen molar-refractivity contribution < 1.29 is 9.90 Å². The third-order valence-corrected chi connectivity index (χ3v) is 2.76. The van der Waals surface area contributed by atoms with Crippen molar-refractivity contribution in [1.29, 1.82) is 0 Å². The molecule has 0 bridgehead atoms. The third kappa shape index (κ3) is 4.50. The number of pyridine rings is 1. The van der Waals surface area contributed by atoms with Crippen LogP contribution in [-0.2, 0) is 0 Å². The summed E-state index contributed by atoms with van der Waals surface area (Å²) in [5, 5.41) is 15.0. The molecule has 18 heavy (non-hydrogen) atoms. The first-order valence-corrected chi connectivity index (χ1v) is 6.18. The Balaban J connectivity index is 2.61. The van der Waals surface area contributed by atoms with Crippen molar-refractivity contribution in [3.63, 3.8) is 0 Å². The van der Waals surface area contributed by atoms with Gasteiger partial charge in [0.25, 0.3) is 0 Å². The average molecular weight is 272 g/mol. The molecule has 1 aromatic heterocycles. The number of anilines is 1. The number of amides is 2. The van der Waals surface area contributed by atoms with Crippen LogP contribution >= 0.6 is 11.6 Å². The number of aliphatic hydroxyl groups excluding tert-OH is 1. The molecule has 1 heterocycles. The van der Waals surface area contributed by atoms with E-state index in [-0.39, 0.29) is 12.6 Å². The molecular weight excluding hydrogens is 254 g/mol. The van der Waals surface area contributed by atoms with Crippen molar-refractivity contribution in [2.75, 3.05) is 11.9 Å². The summed E-state index contributed by atoms with van der Waals surface area (Å²) in [6, 6.07) is 2.82. The minimum absolute atomic E-state index is 0.106. The zero-order valence-corrected chi connectivity index (χ0v) is 11.3. The molecule has 0 aromatic carbocycles. The third-order valence-electron chi connectivity index (χ3n) is 2.55. The van der Waals surface area contributed by atoms with E-state index in [2.05, 4.69) is 15.6 Å². The second kappa shape index (κ2) is 6.56. The molecule has 5 nitrogen and oxygen atoms in total. The molecule has 3 N–H and O–H groups in total. The van der Waals surface area contributed by atoms with E-state index in [0.29, 0.717) is 17.3 Å². The lowest BCUT2D eigenvalue weighted by molar-refractivity contribution is 0.167. The van der Waals surface area contributed by atoms with Crippen LogP contribution in [0, 0.1) is 0 Å². The summed E-state index contributed by atoms with van der Waals surface area (Å²) in [6.45, 7) is 3.69. The molecule has 0 aliphatic rings. The van der Waals surface area contributed by atoms with E-state index in [4.69, 9.17) is 11.6 Å². The Morgan fingerprint density at radius 3 is 2.89 bits per heavy atom. The minimum Gasteiger partial charge on any atom is -0.394 e. The smallest absolute Gasteiger partial charge is 0.319 e. The van der Waals surface area contributed by atoms with Crippen molar-refractivity contribution in [2.45, 2.75) is 32.2 Å². The van der Waals surface area contributed by atoms with Gasteiger partial charge in [-0.1, -0.05) is 24.9 Å². The van der Waals surface area contributed by atoms with E-state index in [1.807, 2.05) is 6.92 Å². The van der Waals surface area contributed by atoms with E-state index in [1.54, 1.807) is 19.1 Å². The molecule has 2 amide bonds. The van der Waals surface area contributed by atoms with Gasteiger partial charge in [0.2, 0.25) is 0 Å². The lowest BCUT2D eigenvalue weighted by Gasteiger charge is -2.28. The molecule has 1 rings (SSSR count). The summed E-state index contributed by atoms with van der Waals surface area (Å²) in [4.78, 5) is 15.6. The first-order chi connectivity index (χ1) is 8.49. The van der Waals surface area contributed by atoms with E-state index in [1.165, 1.54) is 6.20 Å². The molecule has 0 radical (unpaired) electrons. The summed E-state index contributed by atoms with van der Waals surface area (Å²) in [5.41, 5.74) is -0.0559. The Morgan fingerprint density at radius 1 is 1.61 bits per heavy atom. The van der Waals surface area contributed by atoms with Crippen LogP contribution in [0.15, 0.2) is 18.3 Å². The van der Waals surface area contributed by atoms with Crippen LogP contribution in [0.3, 0.4) is 0 Å². The Bertz CT molecular complexity index is 414. The zero-order chi connectivity index (χ0) is 13.6. The first kappa shape index (κ1) is 14.7. The molecule has 1 atom stereocenters. The van der Waals surface area contributed by atoms with Crippen LogP contribution in [0.1, 0.15) is 26.7 Å². The maximum atomic E-state index is 11.8. The molecule has 1 unspecified atom stereocenters. The highest BCUT2D eigenvalue weighted by molar-refractivity contribution is 6.29. The van der Waals surface area contributed by atoms with Crippen LogP contribution in [0.4, 0.5) is 10.5 Å². The summed E-state index contributed by atoms with van der Waals surface area (Å²) in [7, 11) is 0. The standard InChI is InChI=1S/C12H18ClN3O2/c1-3-5-12(2,8-17)16-11(18)15-9-4-6-14-10(13)7-9/h4,6-7,17H,3,5,8H2,1-2H3,(H2,14,15,16,18). The highest BCUT2D eigenvalue weighted by Crippen LogP contribution is 2.14. The molecule has 0 saturated carbocycles. The second-order valence-corrected chi connectivity index (χ2v) is 4.80. The van der Waals surface area contributed by atoms with Crippen LogP contribution in [0.25, 0.3) is 0 Å². The van der Waals surface area contributed by atoms with Crippen LogP contribution in [0.5, 0.6) is 0 Å². The predicted molar refractivity (Wildman–Crippen MR) is 71.8 cm³/mol. The second-order valence-electron chi connectivity index (χ2n) is 4.42. The number of hydrogen-bond acceptors (Lipinski definition) is 3. The number of carbonyl (C=O) groups is 1. The molecule has 0 aliphatic carbocycles. The van der Waals surface area contributed by atoms with E-state index in [0.717, 1.165) is 6.42 Å². The quantitative estimate of drug-likeness (QED) is 0.720. The van der Waals surface area contributed by atoms with Gasteiger partial charge < -0.3 is 15.7 Å². The summed E-state index contributed by atoms with van der Waals surface area (Å²) in [5.74, 6) is 0. The fraction of sp³-hybridized carbons (Fsp3) is 0.500. The molecule has 0 spiro atoms. The maximum Gasteiger partial charge on any atom is 0.319 e. The first-order valence-electron chi connectivity index (χ1n) is 5.80. The Labute approximate surface area is 112 Å². The SMILES string of the molecule is CCCC(C)(CO)NC(=O)Nc1ccnc(Cl)c1. The monoisotopic (exact) mass is 271 g/mol. The van der Waals surface area contributed by atoms with E-state index < -0.39 is 5.54 Å². The topological polar surface area (TPSA) is 74.2 Å². The number of hydrogen-bond donors (Lipinski definition) is 3. The van der Waals surface area contributed by atoms with Gasteiger partial charge in [0.05, 0.1) is 12.1 Å². The van der Waals surface area contributed by atoms with Crippen molar-refractivity contribution in [2.24, 2.45) is 0 Å². The zero-order valence-electron chi connectivity index (χ0n) is 10.5. The highest BCUT2D eigenvalue weighted by Gasteiger charge is 2.24. The van der Waals surface area contributed by atoms with Gasteiger partial charge in [-0.2, -0.15) is 0 Å². The van der Waals surface area contributed by atoms with Gasteiger partial charge in [0, 0.05) is 11.9 Å². The van der Waals surface area contributed by atoms with Crippen molar-refractivity contribution in [3.05, 3.63) is 23.5 Å². The average Bonchev–Trinajstić information content (AvgIpc) is 2.29. The predicted octanol–water partition coefficient (Wildman–Crippen LogP) is 2.41. The summed E-state index contributed by atoms with van der Waals surface area (Å²) >= 11 is 5.72. The lowest BCUT2D eigenvalue weighted by Crippen LogP contribution is -2.50. The summed E-state index contributed by atoms with van der Waals surface area (Å²) in [6.07, 6.45) is 3.08. The fourth-order valence-electron chi connectivity index (χ4n) is 1.65. The van der Waals surface area contributed by atoms with Gasteiger partial charge in [0.15, 0.2) is 0 Å². The largest absolute Gasteiger partial charge is 0.394 e. The Kier molecular flexibility index (Phi) is 5.37.